The van der Waals surface area contributed by atoms with Crippen LogP contribution in [0.2, 0.25) is 10.0 Å². The second kappa shape index (κ2) is 11.4. The molecule has 0 aliphatic carbocycles. The minimum Gasteiger partial charge on any atom is -0.481 e. The van der Waals surface area contributed by atoms with Crippen molar-refractivity contribution >= 4 is 29.2 Å². The third-order valence-electron chi connectivity index (χ3n) is 3.89. The summed E-state index contributed by atoms with van der Waals surface area (Å²) in [6.07, 6.45) is 4.35. The smallest absolute Gasteiger partial charge is 0.300 e. The maximum absolute atomic E-state index is 9.00. The van der Waals surface area contributed by atoms with Gasteiger partial charge in [-0.3, -0.25) is 4.79 Å². The topological polar surface area (TPSA) is 72.3 Å². The Morgan fingerprint density at radius 3 is 2.10 bits per heavy atom. The molecule has 2 aromatic carbocycles. The second-order valence-corrected chi connectivity index (χ2v) is 7.11. The highest BCUT2D eigenvalue weighted by Crippen LogP contribution is 2.24. The van der Waals surface area contributed by atoms with Crippen LogP contribution in [0.3, 0.4) is 0 Å². The third kappa shape index (κ3) is 8.10. The zero-order valence-corrected chi connectivity index (χ0v) is 17.7. The molecule has 3 aromatic rings. The summed E-state index contributed by atoms with van der Waals surface area (Å²) in [4.78, 5) is 17.4. The maximum atomic E-state index is 9.00. The van der Waals surface area contributed by atoms with Crippen molar-refractivity contribution in [3.05, 3.63) is 81.9 Å². The van der Waals surface area contributed by atoms with Crippen molar-refractivity contribution in [1.82, 2.24) is 9.97 Å². The molecule has 0 radical (unpaired) electrons. The molecule has 0 atom stereocenters. The molecular formula is C22H22Cl2N2O3. The number of carbonyl (C=O) groups is 1. The number of hydrogen-bond donors (Lipinski definition) is 1. The summed E-state index contributed by atoms with van der Waals surface area (Å²) in [5.74, 6) is 0.742. The maximum Gasteiger partial charge on any atom is 0.300 e. The highest BCUT2D eigenvalue weighted by atomic mass is 35.5. The van der Waals surface area contributed by atoms with Crippen molar-refractivity contribution in [2.45, 2.75) is 33.1 Å². The summed E-state index contributed by atoms with van der Waals surface area (Å²) in [6, 6.07) is 15.4. The first-order valence-corrected chi connectivity index (χ1v) is 9.78. The summed E-state index contributed by atoms with van der Waals surface area (Å²) >= 11 is 12.1. The lowest BCUT2D eigenvalue weighted by molar-refractivity contribution is -0.134. The Morgan fingerprint density at radius 2 is 1.52 bits per heavy atom. The average molecular weight is 433 g/mol. The molecule has 0 saturated heterocycles. The van der Waals surface area contributed by atoms with Crippen LogP contribution in [0.4, 0.5) is 0 Å². The number of aryl methyl sites for hydroxylation is 3. The molecule has 0 unspecified atom stereocenters. The molecule has 1 heterocycles. The molecular weight excluding hydrogens is 411 g/mol. The summed E-state index contributed by atoms with van der Waals surface area (Å²) < 4.78 is 5.80. The van der Waals surface area contributed by atoms with Crippen LogP contribution in [0.1, 0.15) is 30.3 Å². The molecule has 0 bridgehead atoms. The first-order chi connectivity index (χ1) is 13.8. The van der Waals surface area contributed by atoms with Crippen LogP contribution < -0.4 is 4.74 Å². The second-order valence-electron chi connectivity index (χ2n) is 6.29. The van der Waals surface area contributed by atoms with Gasteiger partial charge in [0.15, 0.2) is 0 Å². The predicted octanol–water partition coefficient (Wildman–Crippen LogP) is 6.15. The lowest BCUT2D eigenvalue weighted by Crippen LogP contribution is -1.97. The van der Waals surface area contributed by atoms with E-state index >= 15 is 0 Å². The first kappa shape index (κ1) is 22.7. The fourth-order valence-corrected chi connectivity index (χ4v) is 2.82. The Kier molecular flexibility index (Phi) is 8.90. The van der Waals surface area contributed by atoms with Crippen molar-refractivity contribution in [2.75, 3.05) is 0 Å². The van der Waals surface area contributed by atoms with Gasteiger partial charge in [0.05, 0.1) is 16.4 Å². The van der Waals surface area contributed by atoms with Crippen molar-refractivity contribution < 1.29 is 14.6 Å². The van der Waals surface area contributed by atoms with Gasteiger partial charge in [-0.05, 0) is 68.1 Å². The van der Waals surface area contributed by atoms with Crippen LogP contribution in [-0.2, 0) is 17.6 Å². The average Bonchev–Trinajstić information content (AvgIpc) is 2.68. The van der Waals surface area contributed by atoms with Crippen LogP contribution in [0, 0.1) is 6.92 Å². The molecule has 3 rings (SSSR count). The minimum atomic E-state index is -0.833. The Morgan fingerprint density at radius 1 is 0.966 bits per heavy atom. The van der Waals surface area contributed by atoms with Gasteiger partial charge >= 0.3 is 0 Å². The van der Waals surface area contributed by atoms with Crippen LogP contribution >= 0.6 is 23.2 Å². The largest absolute Gasteiger partial charge is 0.481 e. The summed E-state index contributed by atoms with van der Waals surface area (Å²) in [7, 11) is 0. The SMILES string of the molecule is CC(=O)O.Cc1ncnc(CCCc2ccc(Oc3ccc(Cl)cc3)cc2)c1Cl. The highest BCUT2D eigenvalue weighted by molar-refractivity contribution is 6.31. The van der Waals surface area contributed by atoms with Crippen molar-refractivity contribution in [1.29, 1.82) is 0 Å². The van der Waals surface area contributed by atoms with Gasteiger partial charge in [-0.1, -0.05) is 35.3 Å². The van der Waals surface area contributed by atoms with Gasteiger partial charge in [-0.15, -0.1) is 0 Å². The van der Waals surface area contributed by atoms with Crippen LogP contribution in [-0.4, -0.2) is 21.0 Å². The molecule has 0 saturated carbocycles. The summed E-state index contributed by atoms with van der Waals surface area (Å²) in [5, 5.41) is 8.79. The number of carboxylic acid groups (broad SMARTS) is 1. The van der Waals surface area contributed by atoms with Gasteiger partial charge < -0.3 is 9.84 Å². The molecule has 0 spiro atoms. The molecule has 29 heavy (non-hydrogen) atoms. The van der Waals surface area contributed by atoms with E-state index in [0.717, 1.165) is 49.1 Å². The minimum absolute atomic E-state index is 0.675. The Bertz CT molecular complexity index is 926. The standard InChI is InChI=1S/C20H18Cl2N2O.C2H4O2/c1-14-20(22)19(24-13-23-14)4-2-3-15-5-9-17(10-6-15)25-18-11-7-16(21)8-12-18;1-2(3)4/h5-13H,2-4H2,1H3;1H3,(H,3,4). The molecule has 0 aliphatic heterocycles. The van der Waals surface area contributed by atoms with Gasteiger partial charge in [0, 0.05) is 11.9 Å². The van der Waals surface area contributed by atoms with Gasteiger partial charge in [0.25, 0.3) is 5.97 Å². The number of aromatic nitrogens is 2. The summed E-state index contributed by atoms with van der Waals surface area (Å²) in [6.45, 7) is 2.98. The van der Waals surface area contributed by atoms with Gasteiger partial charge in [-0.2, -0.15) is 0 Å². The zero-order valence-electron chi connectivity index (χ0n) is 16.2. The van der Waals surface area contributed by atoms with Crippen LogP contribution in [0.25, 0.3) is 0 Å². The summed E-state index contributed by atoms with van der Waals surface area (Å²) in [5.41, 5.74) is 3.00. The van der Waals surface area contributed by atoms with Crippen molar-refractivity contribution in [3.63, 3.8) is 0 Å². The Balaban J connectivity index is 0.000000687. The third-order valence-corrected chi connectivity index (χ3v) is 4.63. The Hall–Kier alpha value is -2.63. The number of rotatable bonds is 6. The van der Waals surface area contributed by atoms with Crippen LogP contribution in [0.5, 0.6) is 11.5 Å². The van der Waals surface area contributed by atoms with E-state index in [1.165, 1.54) is 5.56 Å². The number of nitrogens with zero attached hydrogens (tertiary/aromatic N) is 2. The number of carboxylic acids is 1. The van der Waals surface area contributed by atoms with E-state index < -0.39 is 5.97 Å². The Labute approximate surface area is 180 Å². The molecule has 0 amide bonds. The van der Waals surface area contributed by atoms with E-state index in [4.69, 9.17) is 37.8 Å². The molecule has 0 fully saturated rings. The monoisotopic (exact) mass is 432 g/mol. The lowest BCUT2D eigenvalue weighted by Gasteiger charge is -2.08. The first-order valence-electron chi connectivity index (χ1n) is 9.03. The zero-order chi connectivity index (χ0) is 21.2. The van der Waals surface area contributed by atoms with Crippen LogP contribution in [0.15, 0.2) is 54.9 Å². The number of aliphatic carboxylic acids is 1. The van der Waals surface area contributed by atoms with E-state index in [9.17, 15) is 0 Å². The van der Waals surface area contributed by atoms with E-state index in [-0.39, 0.29) is 0 Å². The normalized spacial score (nSPS) is 10.1. The quantitative estimate of drug-likeness (QED) is 0.505. The molecule has 1 aromatic heterocycles. The number of hydrogen-bond acceptors (Lipinski definition) is 4. The fraction of sp³-hybridized carbons (Fsp3) is 0.227. The van der Waals surface area contributed by atoms with Crippen molar-refractivity contribution in [3.8, 4) is 11.5 Å². The molecule has 1 N–H and O–H groups in total. The molecule has 152 valence electrons. The fourth-order valence-electron chi connectivity index (χ4n) is 2.50. The predicted molar refractivity (Wildman–Crippen MR) is 115 cm³/mol. The number of benzene rings is 2. The van der Waals surface area contributed by atoms with Gasteiger partial charge in [-0.25, -0.2) is 9.97 Å². The van der Waals surface area contributed by atoms with Crippen molar-refractivity contribution in [2.24, 2.45) is 0 Å². The molecule has 0 aliphatic rings. The van der Waals surface area contributed by atoms with E-state index in [0.29, 0.717) is 10.0 Å². The van der Waals surface area contributed by atoms with E-state index in [1.807, 2.05) is 43.3 Å². The van der Waals surface area contributed by atoms with Gasteiger partial charge in [0.1, 0.15) is 17.8 Å². The lowest BCUT2D eigenvalue weighted by atomic mass is 10.1. The molecule has 5 nitrogen and oxygen atoms in total. The molecule has 7 heteroatoms. The number of halogens is 2. The highest BCUT2D eigenvalue weighted by Gasteiger charge is 2.06. The van der Waals surface area contributed by atoms with E-state index in [1.54, 1.807) is 6.33 Å². The van der Waals surface area contributed by atoms with Gasteiger partial charge in [0.2, 0.25) is 0 Å². The van der Waals surface area contributed by atoms with E-state index in [2.05, 4.69) is 22.1 Å². The number of ether oxygens (including phenoxy) is 1.